The maximum atomic E-state index is 8.72. The average molecular weight is 264 g/mol. The van der Waals surface area contributed by atoms with Gasteiger partial charge in [-0.15, -0.1) is 0 Å². The van der Waals surface area contributed by atoms with Gasteiger partial charge in [0.25, 0.3) is 0 Å². The molecule has 0 heterocycles. The number of aliphatic hydroxyl groups is 1. The lowest BCUT2D eigenvalue weighted by atomic mass is 10.1. The fourth-order valence-corrected chi connectivity index (χ4v) is 2.41. The summed E-state index contributed by atoms with van der Waals surface area (Å²) < 4.78 is 5.02. The minimum atomic E-state index is 0.126. The van der Waals surface area contributed by atoms with E-state index in [9.17, 15) is 0 Å². The smallest absolute Gasteiger partial charge is 0.0540 e. The zero-order valence-corrected chi connectivity index (χ0v) is 11.6. The summed E-state index contributed by atoms with van der Waals surface area (Å²) in [6.07, 6.45) is 1.62. The van der Waals surface area contributed by atoms with Crippen molar-refractivity contribution in [3.8, 4) is 11.8 Å². The van der Waals surface area contributed by atoms with Gasteiger partial charge < -0.3 is 9.84 Å². The Morgan fingerprint density at radius 3 is 2.94 bits per heavy atom. The summed E-state index contributed by atoms with van der Waals surface area (Å²) >= 11 is 1.90. The fourth-order valence-electron chi connectivity index (χ4n) is 1.47. The van der Waals surface area contributed by atoms with Crippen molar-refractivity contribution in [1.82, 2.24) is 0 Å². The van der Waals surface area contributed by atoms with Crippen molar-refractivity contribution in [2.45, 2.75) is 18.6 Å². The zero-order valence-electron chi connectivity index (χ0n) is 10.8. The highest BCUT2D eigenvalue weighted by atomic mass is 32.2. The first-order chi connectivity index (χ1) is 8.88. The van der Waals surface area contributed by atoms with Crippen molar-refractivity contribution < 1.29 is 9.84 Å². The van der Waals surface area contributed by atoms with Gasteiger partial charge in [0.05, 0.1) is 6.61 Å². The van der Waals surface area contributed by atoms with E-state index in [1.165, 1.54) is 5.56 Å². The highest BCUT2D eigenvalue weighted by Crippen LogP contribution is 2.16. The third kappa shape index (κ3) is 6.11. The first-order valence-corrected chi connectivity index (χ1v) is 7.28. The molecule has 1 N–H and O–H groups in total. The Kier molecular flexibility index (Phi) is 8.41. The van der Waals surface area contributed by atoms with Crippen LogP contribution in [0.2, 0.25) is 0 Å². The number of hydrogen-bond acceptors (Lipinski definition) is 3. The summed E-state index contributed by atoms with van der Waals surface area (Å²) in [6.45, 7) is 0.950. The molecule has 0 bridgehead atoms. The molecule has 98 valence electrons. The Balaban J connectivity index is 2.47. The third-order valence-electron chi connectivity index (χ3n) is 2.37. The summed E-state index contributed by atoms with van der Waals surface area (Å²) in [6, 6.07) is 8.20. The van der Waals surface area contributed by atoms with Crippen LogP contribution in [0.4, 0.5) is 0 Å². The van der Waals surface area contributed by atoms with E-state index >= 15 is 0 Å². The largest absolute Gasteiger partial charge is 0.395 e. The predicted octanol–water partition coefficient (Wildman–Crippen LogP) is 2.69. The maximum absolute atomic E-state index is 8.72. The highest BCUT2D eigenvalue weighted by Gasteiger charge is 1.99. The molecule has 1 rings (SSSR count). The van der Waals surface area contributed by atoms with E-state index in [0.29, 0.717) is 6.42 Å². The summed E-state index contributed by atoms with van der Waals surface area (Å²) in [5.41, 5.74) is 2.34. The molecule has 0 aliphatic rings. The van der Waals surface area contributed by atoms with E-state index in [1.54, 1.807) is 7.11 Å². The van der Waals surface area contributed by atoms with Gasteiger partial charge in [-0.05, 0) is 23.8 Å². The molecular weight excluding hydrogens is 244 g/mol. The normalized spacial score (nSPS) is 9.89. The lowest BCUT2D eigenvalue weighted by Gasteiger charge is -2.04. The molecule has 0 radical (unpaired) electrons. The Bertz CT molecular complexity index is 393. The molecular formula is C15H20O2S. The summed E-state index contributed by atoms with van der Waals surface area (Å²) in [7, 11) is 1.73. The fraction of sp³-hybridized carbons (Fsp3) is 0.467. The van der Waals surface area contributed by atoms with Crippen molar-refractivity contribution in [2.24, 2.45) is 0 Å². The molecule has 2 nitrogen and oxygen atoms in total. The minimum Gasteiger partial charge on any atom is -0.395 e. The highest BCUT2D eigenvalue weighted by molar-refractivity contribution is 7.98. The molecule has 0 atom stereocenters. The lowest BCUT2D eigenvalue weighted by molar-refractivity contribution is 0.200. The minimum absolute atomic E-state index is 0.126. The van der Waals surface area contributed by atoms with E-state index in [-0.39, 0.29) is 6.61 Å². The number of aliphatic hydroxyl groups excluding tert-OH is 1. The van der Waals surface area contributed by atoms with Gasteiger partial charge >= 0.3 is 0 Å². The molecule has 3 heteroatoms. The number of thioether (sulfide) groups is 1. The van der Waals surface area contributed by atoms with Crippen LogP contribution in [0.3, 0.4) is 0 Å². The molecule has 0 aromatic heterocycles. The Morgan fingerprint density at radius 2 is 2.17 bits per heavy atom. The van der Waals surface area contributed by atoms with E-state index in [1.807, 2.05) is 30.0 Å². The number of methoxy groups -OCH3 is 1. The molecule has 0 aliphatic carbocycles. The van der Waals surface area contributed by atoms with Gasteiger partial charge in [-0.1, -0.05) is 30.0 Å². The molecule has 0 fully saturated rings. The van der Waals surface area contributed by atoms with Crippen LogP contribution in [0.5, 0.6) is 0 Å². The lowest BCUT2D eigenvalue weighted by Crippen LogP contribution is -1.92. The van der Waals surface area contributed by atoms with Crippen molar-refractivity contribution >= 4 is 11.8 Å². The number of rotatable bonds is 7. The van der Waals surface area contributed by atoms with Crippen LogP contribution in [0, 0.1) is 11.8 Å². The molecule has 0 aliphatic heterocycles. The maximum Gasteiger partial charge on any atom is 0.0540 e. The second-order valence-corrected chi connectivity index (χ2v) is 4.94. The standard InChI is InChI=1S/C15H20O2S/c1-17-11-6-12-18-13-15-9-3-2-7-14(15)8-4-5-10-16/h2-3,7,9,16H,5-6,10-13H2,1H3. The van der Waals surface area contributed by atoms with Crippen LogP contribution >= 0.6 is 11.8 Å². The van der Waals surface area contributed by atoms with Gasteiger partial charge in [-0.2, -0.15) is 11.8 Å². The second-order valence-electron chi connectivity index (χ2n) is 3.83. The topological polar surface area (TPSA) is 29.5 Å². The first-order valence-electron chi connectivity index (χ1n) is 6.12. The molecule has 0 amide bonds. The number of hydrogen-bond donors (Lipinski definition) is 1. The van der Waals surface area contributed by atoms with Crippen molar-refractivity contribution in [3.63, 3.8) is 0 Å². The van der Waals surface area contributed by atoms with Gasteiger partial charge in [0.2, 0.25) is 0 Å². The van der Waals surface area contributed by atoms with Crippen molar-refractivity contribution in [2.75, 3.05) is 26.1 Å². The molecule has 0 unspecified atom stereocenters. The van der Waals surface area contributed by atoms with Gasteiger partial charge in [0.1, 0.15) is 0 Å². The Labute approximate surface area is 114 Å². The van der Waals surface area contributed by atoms with E-state index < -0.39 is 0 Å². The van der Waals surface area contributed by atoms with Crippen LogP contribution < -0.4 is 0 Å². The Morgan fingerprint density at radius 1 is 1.33 bits per heavy atom. The van der Waals surface area contributed by atoms with Crippen LogP contribution in [0.15, 0.2) is 24.3 Å². The quantitative estimate of drug-likeness (QED) is 0.606. The Hall–Kier alpha value is -0.950. The van der Waals surface area contributed by atoms with Gasteiger partial charge in [-0.3, -0.25) is 0 Å². The average Bonchev–Trinajstić information content (AvgIpc) is 2.40. The van der Waals surface area contributed by atoms with Crippen LogP contribution in [-0.2, 0) is 10.5 Å². The summed E-state index contributed by atoms with van der Waals surface area (Å²) in [5.74, 6) is 8.17. The van der Waals surface area contributed by atoms with Crippen molar-refractivity contribution in [3.05, 3.63) is 35.4 Å². The number of benzene rings is 1. The second kappa shape index (κ2) is 10.0. The van der Waals surface area contributed by atoms with Gasteiger partial charge in [0.15, 0.2) is 0 Å². The monoisotopic (exact) mass is 264 g/mol. The van der Waals surface area contributed by atoms with Crippen LogP contribution in [0.25, 0.3) is 0 Å². The molecule has 1 aromatic carbocycles. The van der Waals surface area contributed by atoms with E-state index in [0.717, 1.165) is 30.1 Å². The van der Waals surface area contributed by atoms with Gasteiger partial charge in [-0.25, -0.2) is 0 Å². The first kappa shape index (κ1) is 15.1. The SMILES string of the molecule is COCCCSCc1ccccc1C#CCCO. The van der Waals surface area contributed by atoms with Crippen molar-refractivity contribution in [1.29, 1.82) is 0 Å². The molecule has 0 saturated heterocycles. The van der Waals surface area contributed by atoms with Crippen LogP contribution in [0.1, 0.15) is 24.0 Å². The van der Waals surface area contributed by atoms with Gasteiger partial charge in [0, 0.05) is 31.5 Å². The molecule has 1 aromatic rings. The zero-order chi connectivity index (χ0) is 13.1. The van der Waals surface area contributed by atoms with E-state index in [2.05, 4.69) is 17.9 Å². The predicted molar refractivity (Wildman–Crippen MR) is 77.7 cm³/mol. The van der Waals surface area contributed by atoms with Crippen LogP contribution in [-0.4, -0.2) is 31.2 Å². The summed E-state index contributed by atoms with van der Waals surface area (Å²) in [5, 5.41) is 8.72. The number of ether oxygens (including phenoxy) is 1. The van der Waals surface area contributed by atoms with E-state index in [4.69, 9.17) is 9.84 Å². The molecule has 0 spiro atoms. The third-order valence-corrected chi connectivity index (χ3v) is 3.46. The molecule has 18 heavy (non-hydrogen) atoms. The molecule has 0 saturated carbocycles. The summed E-state index contributed by atoms with van der Waals surface area (Å²) in [4.78, 5) is 0.